The molecule has 30 heavy (non-hydrogen) atoms. The monoisotopic (exact) mass is 410 g/mol. The molecule has 3 atom stereocenters. The van der Waals surface area contributed by atoms with Crippen LogP contribution >= 0.6 is 0 Å². The van der Waals surface area contributed by atoms with Crippen molar-refractivity contribution in [3.63, 3.8) is 0 Å². The Bertz CT molecular complexity index is 1100. The lowest BCUT2D eigenvalue weighted by molar-refractivity contribution is 0.0932. The lowest BCUT2D eigenvalue weighted by atomic mass is 10.2. The highest BCUT2D eigenvalue weighted by atomic mass is 19.1. The van der Waals surface area contributed by atoms with Gasteiger partial charge in [-0.3, -0.25) is 4.79 Å². The zero-order chi connectivity index (χ0) is 20.9. The summed E-state index contributed by atoms with van der Waals surface area (Å²) in [5.41, 5.74) is 1.15. The van der Waals surface area contributed by atoms with Crippen LogP contribution in [-0.2, 0) is 0 Å². The van der Waals surface area contributed by atoms with Gasteiger partial charge >= 0.3 is 0 Å². The predicted molar refractivity (Wildman–Crippen MR) is 108 cm³/mol. The first-order chi connectivity index (χ1) is 14.4. The number of hydrogen-bond donors (Lipinski definition) is 1. The molecule has 1 aliphatic heterocycles. The second kappa shape index (κ2) is 6.93. The van der Waals surface area contributed by atoms with Crippen molar-refractivity contribution in [3.05, 3.63) is 48.2 Å². The quantitative estimate of drug-likeness (QED) is 0.672. The lowest BCUT2D eigenvalue weighted by Crippen LogP contribution is -2.34. The fraction of sp³-hybridized carbons (Fsp3) is 0.429. The van der Waals surface area contributed by atoms with Gasteiger partial charge in [0.1, 0.15) is 23.3 Å². The summed E-state index contributed by atoms with van der Waals surface area (Å²) < 4.78 is 20.2. The van der Waals surface area contributed by atoms with E-state index in [1.807, 2.05) is 12.3 Å². The summed E-state index contributed by atoms with van der Waals surface area (Å²) in [4.78, 5) is 23.7. The van der Waals surface area contributed by atoms with Crippen molar-refractivity contribution >= 4 is 17.4 Å². The van der Waals surface area contributed by atoms with Crippen LogP contribution in [0.2, 0.25) is 0 Å². The van der Waals surface area contributed by atoms with Crippen molar-refractivity contribution in [1.82, 2.24) is 24.9 Å². The SMILES string of the molecule is C[C@@H](CNC(=O)c1cnn2ccc(N3CCC4CC43C)nc12)Oc1ccc(F)cn1. The number of pyridine rings is 1. The number of piperidine rings is 1. The summed E-state index contributed by atoms with van der Waals surface area (Å²) in [7, 11) is 0. The van der Waals surface area contributed by atoms with Gasteiger partial charge in [-0.2, -0.15) is 5.10 Å². The van der Waals surface area contributed by atoms with Crippen LogP contribution in [0.4, 0.5) is 10.2 Å². The number of carbonyl (C=O) groups is 1. The van der Waals surface area contributed by atoms with Crippen LogP contribution in [0.3, 0.4) is 0 Å². The summed E-state index contributed by atoms with van der Waals surface area (Å²) in [6, 6.07) is 4.69. The molecule has 1 saturated carbocycles. The Hall–Kier alpha value is -3.23. The summed E-state index contributed by atoms with van der Waals surface area (Å²) in [6.45, 7) is 5.34. The van der Waals surface area contributed by atoms with Gasteiger partial charge in [0, 0.05) is 24.3 Å². The van der Waals surface area contributed by atoms with Crippen LogP contribution in [0.5, 0.6) is 5.88 Å². The van der Waals surface area contributed by atoms with Gasteiger partial charge in [-0.1, -0.05) is 0 Å². The molecule has 1 saturated heterocycles. The number of nitrogens with one attached hydrogen (secondary N) is 1. The molecule has 1 N–H and O–H groups in total. The normalized spacial score (nSPS) is 23.3. The highest BCUT2D eigenvalue weighted by Crippen LogP contribution is 2.56. The first kappa shape index (κ1) is 18.8. The molecule has 1 amide bonds. The topological polar surface area (TPSA) is 84.7 Å². The van der Waals surface area contributed by atoms with Gasteiger partial charge in [0.15, 0.2) is 5.65 Å². The van der Waals surface area contributed by atoms with Gasteiger partial charge < -0.3 is 15.0 Å². The maximum atomic E-state index is 12.9. The van der Waals surface area contributed by atoms with Crippen LogP contribution in [0.1, 0.15) is 37.0 Å². The number of halogens is 1. The zero-order valence-corrected chi connectivity index (χ0v) is 16.9. The van der Waals surface area contributed by atoms with E-state index in [0.717, 1.165) is 24.5 Å². The molecule has 156 valence electrons. The van der Waals surface area contributed by atoms with Gasteiger partial charge in [0.25, 0.3) is 5.91 Å². The van der Waals surface area contributed by atoms with E-state index < -0.39 is 5.82 Å². The van der Waals surface area contributed by atoms with Crippen LogP contribution in [0.15, 0.2) is 36.8 Å². The Labute approximate surface area is 173 Å². The van der Waals surface area contributed by atoms with Crippen LogP contribution in [0.25, 0.3) is 5.65 Å². The van der Waals surface area contributed by atoms with Crippen molar-refractivity contribution in [2.24, 2.45) is 5.92 Å². The fourth-order valence-electron chi connectivity index (χ4n) is 4.28. The molecule has 2 unspecified atom stereocenters. The number of ether oxygens (including phenoxy) is 1. The molecule has 5 rings (SSSR count). The number of fused-ring (bicyclic) bond motifs is 2. The van der Waals surface area contributed by atoms with Gasteiger partial charge in [-0.05, 0) is 44.7 Å². The van der Waals surface area contributed by atoms with E-state index >= 15 is 0 Å². The largest absolute Gasteiger partial charge is 0.473 e. The standard InChI is InChI=1S/C21H23FN6O2/c1-13(30-18-4-3-15(22)11-23-18)10-24-20(29)16-12-25-28-8-6-17(26-19(16)28)27-7-5-14-9-21(14,27)2/h3-4,6,8,11-14H,5,7,9-10H2,1-2H3,(H,24,29)/t13-,14?,21?/m0/s1. The highest BCUT2D eigenvalue weighted by molar-refractivity contribution is 5.99. The molecule has 9 heteroatoms. The van der Waals surface area contributed by atoms with Gasteiger partial charge in [0.05, 0.1) is 18.9 Å². The second-order valence-corrected chi connectivity index (χ2v) is 8.26. The summed E-state index contributed by atoms with van der Waals surface area (Å²) in [5.74, 6) is 1.24. The van der Waals surface area contributed by atoms with Gasteiger partial charge in [-0.15, -0.1) is 0 Å². The lowest BCUT2D eigenvalue weighted by Gasteiger charge is -2.26. The van der Waals surface area contributed by atoms with Gasteiger partial charge in [-0.25, -0.2) is 18.9 Å². The van der Waals surface area contributed by atoms with E-state index in [1.165, 1.54) is 31.2 Å². The van der Waals surface area contributed by atoms with E-state index in [-0.39, 0.29) is 24.1 Å². The Kier molecular flexibility index (Phi) is 4.34. The van der Waals surface area contributed by atoms with E-state index in [4.69, 9.17) is 9.72 Å². The zero-order valence-electron chi connectivity index (χ0n) is 16.9. The van der Waals surface area contributed by atoms with E-state index in [1.54, 1.807) is 11.4 Å². The molecule has 0 radical (unpaired) electrons. The molecule has 0 spiro atoms. The third kappa shape index (κ3) is 3.24. The first-order valence-corrected chi connectivity index (χ1v) is 10.1. The Morgan fingerprint density at radius 3 is 2.97 bits per heavy atom. The third-order valence-electron chi connectivity index (χ3n) is 6.14. The minimum atomic E-state index is -0.427. The van der Waals surface area contributed by atoms with Crippen molar-refractivity contribution in [3.8, 4) is 5.88 Å². The molecule has 2 fully saturated rings. The number of anilines is 1. The number of carbonyl (C=O) groups excluding carboxylic acids is 1. The number of amides is 1. The van der Waals surface area contributed by atoms with Crippen molar-refractivity contribution in [2.45, 2.75) is 38.3 Å². The van der Waals surface area contributed by atoms with Crippen molar-refractivity contribution < 1.29 is 13.9 Å². The average Bonchev–Trinajstić information content (AvgIpc) is 3.08. The third-order valence-corrected chi connectivity index (χ3v) is 6.14. The number of aromatic nitrogens is 4. The number of hydrogen-bond acceptors (Lipinski definition) is 6. The predicted octanol–water partition coefficient (Wildman–Crippen LogP) is 2.45. The molecule has 0 aromatic carbocycles. The summed E-state index contributed by atoms with van der Waals surface area (Å²) in [5, 5.41) is 7.10. The van der Waals surface area contributed by atoms with Crippen molar-refractivity contribution in [1.29, 1.82) is 0 Å². The van der Waals surface area contributed by atoms with Crippen molar-refractivity contribution in [2.75, 3.05) is 18.0 Å². The summed E-state index contributed by atoms with van der Waals surface area (Å²) >= 11 is 0. The van der Waals surface area contributed by atoms with Gasteiger partial charge in [0.2, 0.25) is 5.88 Å². The Morgan fingerprint density at radius 1 is 1.40 bits per heavy atom. The molecular weight excluding hydrogens is 387 g/mol. The number of nitrogens with zero attached hydrogens (tertiary/aromatic N) is 5. The molecule has 2 aliphatic rings. The van der Waals surface area contributed by atoms with E-state index in [2.05, 4.69) is 27.2 Å². The molecule has 8 nitrogen and oxygen atoms in total. The number of rotatable bonds is 6. The van der Waals surface area contributed by atoms with E-state index in [9.17, 15) is 9.18 Å². The van der Waals surface area contributed by atoms with Crippen LogP contribution in [0, 0.1) is 11.7 Å². The minimum absolute atomic E-state index is 0.203. The minimum Gasteiger partial charge on any atom is -0.473 e. The first-order valence-electron chi connectivity index (χ1n) is 10.1. The molecule has 4 heterocycles. The molecule has 1 aliphatic carbocycles. The summed E-state index contributed by atoms with van der Waals surface area (Å²) in [6.07, 6.45) is 6.52. The molecule has 3 aromatic rings. The highest BCUT2D eigenvalue weighted by Gasteiger charge is 2.58. The smallest absolute Gasteiger partial charge is 0.256 e. The second-order valence-electron chi connectivity index (χ2n) is 8.26. The van der Waals surface area contributed by atoms with E-state index in [0.29, 0.717) is 17.1 Å². The Balaban J connectivity index is 1.27. The molecular formula is C21H23FN6O2. The van der Waals surface area contributed by atoms with Crippen LogP contribution < -0.4 is 15.0 Å². The maximum Gasteiger partial charge on any atom is 0.256 e. The average molecular weight is 410 g/mol. The fourth-order valence-corrected chi connectivity index (χ4v) is 4.28. The molecule has 0 bridgehead atoms. The Morgan fingerprint density at radius 2 is 2.27 bits per heavy atom. The molecule has 3 aromatic heterocycles. The maximum absolute atomic E-state index is 12.9. The van der Waals surface area contributed by atoms with Crippen LogP contribution in [-0.4, -0.2) is 50.2 Å².